The van der Waals surface area contributed by atoms with Crippen LogP contribution in [-0.4, -0.2) is 11.5 Å². The number of hydrogen-bond acceptors (Lipinski definition) is 3. The van der Waals surface area contributed by atoms with Crippen molar-refractivity contribution in [3.8, 4) is 10.4 Å². The number of aromatic nitrogens is 1. The number of thiazole rings is 1. The van der Waals surface area contributed by atoms with Crippen molar-refractivity contribution in [3.05, 3.63) is 75.1 Å². The molecule has 0 aliphatic rings. The van der Waals surface area contributed by atoms with Crippen LogP contribution in [-0.2, 0) is 13.0 Å². The number of halogens is 3. The summed E-state index contributed by atoms with van der Waals surface area (Å²) in [6.07, 6.45) is 2.46. The third-order valence-corrected chi connectivity index (χ3v) is 5.13. The van der Waals surface area contributed by atoms with Gasteiger partial charge in [0.2, 0.25) is 0 Å². The summed E-state index contributed by atoms with van der Waals surface area (Å²) in [6, 6.07) is 12.3. The van der Waals surface area contributed by atoms with Crippen molar-refractivity contribution in [2.45, 2.75) is 13.0 Å². The number of benzene rings is 2. The Balaban J connectivity index is 1.56. The Labute approximate surface area is 154 Å². The number of nitrogens with one attached hydrogen (secondary N) is 1. The van der Waals surface area contributed by atoms with E-state index in [4.69, 9.17) is 23.2 Å². The minimum Gasteiger partial charge on any atom is -0.310 e. The first-order valence-corrected chi connectivity index (χ1v) is 9.05. The first-order chi connectivity index (χ1) is 11.6. The molecule has 0 spiro atoms. The van der Waals surface area contributed by atoms with Crippen LogP contribution in [0.2, 0.25) is 10.0 Å². The quantitative estimate of drug-likeness (QED) is 0.563. The van der Waals surface area contributed by atoms with Gasteiger partial charge in [-0.2, -0.15) is 0 Å². The van der Waals surface area contributed by atoms with E-state index in [9.17, 15) is 4.39 Å². The van der Waals surface area contributed by atoms with E-state index in [1.807, 2.05) is 24.4 Å². The lowest BCUT2D eigenvalue weighted by Gasteiger charge is -2.04. The van der Waals surface area contributed by atoms with Crippen molar-refractivity contribution < 1.29 is 4.39 Å². The molecule has 0 aliphatic carbocycles. The standard InChI is InChI=1S/C18H15Cl2FN2S/c19-13-5-6-14(15(20)9-13)17-10-23-18(24-17)11-22-8-7-12-3-1-2-4-16(12)21/h1-6,9-10,22H,7-8,11H2. The molecule has 124 valence electrons. The van der Waals surface area contributed by atoms with Crippen LogP contribution in [0, 0.1) is 5.82 Å². The van der Waals surface area contributed by atoms with Gasteiger partial charge in [0.25, 0.3) is 0 Å². The Kier molecular flexibility index (Phi) is 5.85. The molecule has 1 heterocycles. The average Bonchev–Trinajstić information content (AvgIpc) is 3.01. The van der Waals surface area contributed by atoms with E-state index in [-0.39, 0.29) is 5.82 Å². The van der Waals surface area contributed by atoms with Crippen LogP contribution in [0.5, 0.6) is 0 Å². The molecule has 0 atom stereocenters. The van der Waals surface area contributed by atoms with E-state index in [1.165, 1.54) is 6.07 Å². The SMILES string of the molecule is Fc1ccccc1CCNCc1ncc(-c2ccc(Cl)cc2Cl)s1. The second-order valence-electron chi connectivity index (χ2n) is 5.26. The van der Waals surface area contributed by atoms with Gasteiger partial charge < -0.3 is 5.32 Å². The molecule has 0 bridgehead atoms. The zero-order valence-electron chi connectivity index (χ0n) is 12.7. The van der Waals surface area contributed by atoms with Crippen LogP contribution in [0.4, 0.5) is 4.39 Å². The molecule has 0 saturated carbocycles. The molecule has 2 nitrogen and oxygen atoms in total. The minimum absolute atomic E-state index is 0.159. The van der Waals surface area contributed by atoms with Crippen LogP contribution in [0.25, 0.3) is 10.4 Å². The fourth-order valence-corrected chi connectivity index (χ4v) is 3.82. The fourth-order valence-electron chi connectivity index (χ4n) is 2.33. The second-order valence-corrected chi connectivity index (χ2v) is 7.22. The van der Waals surface area contributed by atoms with E-state index in [2.05, 4.69) is 10.3 Å². The summed E-state index contributed by atoms with van der Waals surface area (Å²) < 4.78 is 13.5. The van der Waals surface area contributed by atoms with Gasteiger partial charge in [0.1, 0.15) is 10.8 Å². The normalized spacial score (nSPS) is 11.0. The predicted octanol–water partition coefficient (Wildman–Crippen LogP) is 5.59. The number of nitrogens with zero attached hydrogens (tertiary/aromatic N) is 1. The zero-order valence-corrected chi connectivity index (χ0v) is 15.1. The van der Waals surface area contributed by atoms with Gasteiger partial charge in [0.15, 0.2) is 0 Å². The third-order valence-electron chi connectivity index (χ3n) is 3.56. The van der Waals surface area contributed by atoms with Gasteiger partial charge in [-0.15, -0.1) is 11.3 Å². The Morgan fingerprint density at radius 2 is 1.96 bits per heavy atom. The lowest BCUT2D eigenvalue weighted by molar-refractivity contribution is 0.597. The van der Waals surface area contributed by atoms with Crippen molar-refractivity contribution >= 4 is 34.5 Å². The van der Waals surface area contributed by atoms with Gasteiger partial charge in [-0.25, -0.2) is 9.37 Å². The van der Waals surface area contributed by atoms with Crippen molar-refractivity contribution in [1.82, 2.24) is 10.3 Å². The summed E-state index contributed by atoms with van der Waals surface area (Å²) >= 11 is 13.7. The monoisotopic (exact) mass is 380 g/mol. The molecule has 1 N–H and O–H groups in total. The molecule has 1 aromatic heterocycles. The fraction of sp³-hybridized carbons (Fsp3) is 0.167. The highest BCUT2D eigenvalue weighted by Gasteiger charge is 2.09. The highest BCUT2D eigenvalue weighted by atomic mass is 35.5. The van der Waals surface area contributed by atoms with E-state index in [0.29, 0.717) is 29.6 Å². The van der Waals surface area contributed by atoms with Crippen LogP contribution in [0.3, 0.4) is 0 Å². The molecule has 0 fully saturated rings. The van der Waals surface area contributed by atoms with Crippen molar-refractivity contribution in [2.24, 2.45) is 0 Å². The van der Waals surface area contributed by atoms with Crippen LogP contribution >= 0.6 is 34.5 Å². The molecule has 2 aromatic carbocycles. The molecule has 0 radical (unpaired) electrons. The van der Waals surface area contributed by atoms with Gasteiger partial charge in [0, 0.05) is 23.3 Å². The molecule has 0 unspecified atom stereocenters. The highest BCUT2D eigenvalue weighted by molar-refractivity contribution is 7.15. The maximum Gasteiger partial charge on any atom is 0.126 e. The average molecular weight is 381 g/mol. The van der Waals surface area contributed by atoms with Crippen molar-refractivity contribution in [3.63, 3.8) is 0 Å². The molecule has 24 heavy (non-hydrogen) atoms. The maximum absolute atomic E-state index is 13.5. The van der Waals surface area contributed by atoms with Crippen molar-refractivity contribution in [1.29, 1.82) is 0 Å². The molecule has 0 aliphatic heterocycles. The van der Waals surface area contributed by atoms with Gasteiger partial charge in [-0.05, 0) is 36.7 Å². The minimum atomic E-state index is -0.159. The Hall–Kier alpha value is -1.46. The number of hydrogen-bond donors (Lipinski definition) is 1. The smallest absolute Gasteiger partial charge is 0.126 e. The van der Waals surface area contributed by atoms with Gasteiger partial charge in [0.05, 0.1) is 9.90 Å². The molecule has 3 rings (SSSR count). The molecule has 6 heteroatoms. The maximum atomic E-state index is 13.5. The largest absolute Gasteiger partial charge is 0.310 e. The van der Waals surface area contributed by atoms with E-state index < -0.39 is 0 Å². The summed E-state index contributed by atoms with van der Waals surface area (Å²) in [4.78, 5) is 5.41. The summed E-state index contributed by atoms with van der Waals surface area (Å²) in [7, 11) is 0. The molecular weight excluding hydrogens is 366 g/mol. The molecule has 3 aromatic rings. The van der Waals surface area contributed by atoms with Gasteiger partial charge in [-0.3, -0.25) is 0 Å². The Bertz CT molecular complexity index is 835. The van der Waals surface area contributed by atoms with Gasteiger partial charge >= 0.3 is 0 Å². The first-order valence-electron chi connectivity index (χ1n) is 7.48. The summed E-state index contributed by atoms with van der Waals surface area (Å²) in [5, 5.41) is 5.49. The van der Waals surface area contributed by atoms with E-state index in [0.717, 1.165) is 21.0 Å². The summed E-state index contributed by atoms with van der Waals surface area (Å²) in [5.41, 5.74) is 1.65. The van der Waals surface area contributed by atoms with Crippen LogP contribution < -0.4 is 5.32 Å². The Morgan fingerprint density at radius 1 is 1.12 bits per heavy atom. The predicted molar refractivity (Wildman–Crippen MR) is 99.4 cm³/mol. The van der Waals surface area contributed by atoms with E-state index in [1.54, 1.807) is 29.5 Å². The molecular formula is C18H15Cl2FN2S. The zero-order chi connectivity index (χ0) is 16.9. The summed E-state index contributed by atoms with van der Waals surface area (Å²) in [6.45, 7) is 1.34. The van der Waals surface area contributed by atoms with Crippen molar-refractivity contribution in [2.75, 3.05) is 6.54 Å². The van der Waals surface area contributed by atoms with Crippen LogP contribution in [0.15, 0.2) is 48.7 Å². The topological polar surface area (TPSA) is 24.9 Å². The lowest BCUT2D eigenvalue weighted by atomic mass is 10.1. The lowest BCUT2D eigenvalue weighted by Crippen LogP contribution is -2.16. The number of rotatable bonds is 6. The van der Waals surface area contributed by atoms with Crippen LogP contribution in [0.1, 0.15) is 10.6 Å². The molecule has 0 saturated heterocycles. The van der Waals surface area contributed by atoms with E-state index >= 15 is 0 Å². The summed E-state index contributed by atoms with van der Waals surface area (Å²) in [5.74, 6) is -0.159. The highest BCUT2D eigenvalue weighted by Crippen LogP contribution is 2.33. The Morgan fingerprint density at radius 3 is 2.75 bits per heavy atom. The third kappa shape index (κ3) is 4.33. The second kappa shape index (κ2) is 8.08. The first kappa shape index (κ1) is 17.4. The van der Waals surface area contributed by atoms with Gasteiger partial charge in [-0.1, -0.05) is 47.5 Å². The molecule has 0 amide bonds.